The van der Waals surface area contributed by atoms with Crippen molar-refractivity contribution in [3.05, 3.63) is 88.3 Å². The van der Waals surface area contributed by atoms with Gasteiger partial charge in [0, 0.05) is 18.6 Å². The summed E-state index contributed by atoms with van der Waals surface area (Å²) in [6.45, 7) is 8.65. The first-order valence-corrected chi connectivity index (χ1v) is 12.6. The summed E-state index contributed by atoms with van der Waals surface area (Å²) in [7, 11) is 0. The minimum atomic E-state index is -0.0346. The van der Waals surface area contributed by atoms with Crippen molar-refractivity contribution in [1.29, 1.82) is 5.26 Å². The van der Waals surface area contributed by atoms with Gasteiger partial charge in [0.05, 0.1) is 18.2 Å². The number of nitriles is 1. The molecule has 188 valence electrons. The van der Waals surface area contributed by atoms with Gasteiger partial charge < -0.3 is 5.32 Å². The highest BCUT2D eigenvalue weighted by Crippen LogP contribution is 2.19. The molecule has 5 heteroatoms. The standard InChI is InChI=1S/C16H20N2O.C13H16N2.C2H2/c1-16(2,17-9-10-18-19)12-13-7-8-14-5-3-4-6-15(14)11-13;14-10-12-5-4-6-13(9-12)11-15-7-2-1-3-8-15;1-2/h3-8,11,17H,9-10,12H2,1-2H3;4-6,9H,1-3,7-8,11H2;1-2H. The molecule has 0 unspecified atom stereocenters. The molecule has 3 aromatic rings. The smallest absolute Gasteiger partial charge is 0.0991 e. The Labute approximate surface area is 216 Å². The summed E-state index contributed by atoms with van der Waals surface area (Å²) in [5.41, 5.74) is 3.29. The van der Waals surface area contributed by atoms with Crippen LogP contribution in [-0.2, 0) is 13.0 Å². The first-order valence-electron chi connectivity index (χ1n) is 12.6. The number of rotatable bonds is 8. The highest BCUT2D eigenvalue weighted by atomic mass is 16.3. The molecule has 0 atom stereocenters. The van der Waals surface area contributed by atoms with Crippen molar-refractivity contribution in [3.63, 3.8) is 0 Å². The predicted octanol–water partition coefficient (Wildman–Crippen LogP) is 6.31. The number of hydrogen-bond acceptors (Lipinski definition) is 5. The fraction of sp³-hybridized carbons (Fsp3) is 0.387. The van der Waals surface area contributed by atoms with Gasteiger partial charge in [-0.1, -0.05) is 66.2 Å². The van der Waals surface area contributed by atoms with Crippen LogP contribution in [0.3, 0.4) is 0 Å². The van der Waals surface area contributed by atoms with Gasteiger partial charge in [-0.05, 0) is 80.2 Å². The van der Waals surface area contributed by atoms with Crippen LogP contribution in [0.5, 0.6) is 0 Å². The van der Waals surface area contributed by atoms with Crippen LogP contribution in [0.25, 0.3) is 10.8 Å². The van der Waals surface area contributed by atoms with Crippen LogP contribution in [0.1, 0.15) is 49.8 Å². The van der Waals surface area contributed by atoms with Crippen molar-refractivity contribution in [2.24, 2.45) is 5.18 Å². The fourth-order valence-corrected chi connectivity index (χ4v) is 4.48. The average Bonchev–Trinajstić information content (AvgIpc) is 2.91. The molecule has 36 heavy (non-hydrogen) atoms. The van der Waals surface area contributed by atoms with Gasteiger partial charge in [-0.2, -0.15) is 10.2 Å². The lowest BCUT2D eigenvalue weighted by Crippen LogP contribution is -2.42. The third-order valence-corrected chi connectivity index (χ3v) is 6.18. The number of terminal acetylenes is 1. The fourth-order valence-electron chi connectivity index (χ4n) is 4.48. The molecule has 1 aliphatic rings. The molecule has 0 bridgehead atoms. The maximum absolute atomic E-state index is 10.1. The van der Waals surface area contributed by atoms with Gasteiger partial charge in [0.15, 0.2) is 0 Å². The van der Waals surface area contributed by atoms with Crippen LogP contribution < -0.4 is 5.32 Å². The first-order chi connectivity index (χ1) is 17.5. The zero-order valence-electron chi connectivity index (χ0n) is 21.6. The van der Waals surface area contributed by atoms with Crippen molar-refractivity contribution in [3.8, 4) is 18.9 Å². The van der Waals surface area contributed by atoms with E-state index in [1.165, 1.54) is 54.3 Å². The molecule has 4 rings (SSSR count). The summed E-state index contributed by atoms with van der Waals surface area (Å²) in [6, 6.07) is 25.1. The maximum Gasteiger partial charge on any atom is 0.0991 e. The number of likely N-dealkylation sites (tertiary alicyclic amines) is 1. The molecular formula is C31H38N4O. The summed E-state index contributed by atoms with van der Waals surface area (Å²) in [6.07, 6.45) is 12.9. The van der Waals surface area contributed by atoms with Gasteiger partial charge >= 0.3 is 0 Å². The first kappa shape index (κ1) is 28.7. The van der Waals surface area contributed by atoms with Crippen LogP contribution in [0.15, 0.2) is 71.9 Å². The Kier molecular flexibility index (Phi) is 12.4. The van der Waals surface area contributed by atoms with Crippen LogP contribution in [-0.4, -0.2) is 36.6 Å². The van der Waals surface area contributed by atoms with E-state index in [4.69, 9.17) is 5.26 Å². The molecule has 3 aromatic carbocycles. The molecule has 1 fully saturated rings. The van der Waals surface area contributed by atoms with E-state index in [1.54, 1.807) is 0 Å². The Morgan fingerprint density at radius 2 is 1.67 bits per heavy atom. The number of piperidine rings is 1. The zero-order chi connectivity index (χ0) is 26.2. The molecule has 0 amide bonds. The van der Waals surface area contributed by atoms with Gasteiger partial charge in [0.25, 0.3) is 0 Å². The third-order valence-electron chi connectivity index (χ3n) is 6.18. The molecule has 1 aliphatic heterocycles. The monoisotopic (exact) mass is 482 g/mol. The van der Waals surface area contributed by atoms with Gasteiger partial charge in [-0.3, -0.25) is 4.90 Å². The van der Waals surface area contributed by atoms with E-state index in [2.05, 4.69) is 96.7 Å². The Morgan fingerprint density at radius 3 is 2.36 bits per heavy atom. The highest BCUT2D eigenvalue weighted by Gasteiger charge is 2.17. The third kappa shape index (κ3) is 10.0. The summed E-state index contributed by atoms with van der Waals surface area (Å²) < 4.78 is 0. The van der Waals surface area contributed by atoms with E-state index in [1.807, 2.05) is 18.2 Å². The van der Waals surface area contributed by atoms with E-state index in [0.717, 1.165) is 18.5 Å². The molecule has 1 heterocycles. The number of fused-ring (bicyclic) bond motifs is 1. The van der Waals surface area contributed by atoms with Gasteiger partial charge in [0.2, 0.25) is 0 Å². The second kappa shape index (κ2) is 15.5. The highest BCUT2D eigenvalue weighted by molar-refractivity contribution is 5.83. The second-order valence-corrected chi connectivity index (χ2v) is 9.67. The van der Waals surface area contributed by atoms with E-state index in [9.17, 15) is 4.91 Å². The molecule has 0 spiro atoms. The summed E-state index contributed by atoms with van der Waals surface area (Å²) in [5, 5.41) is 17.6. The molecule has 0 aliphatic carbocycles. The Morgan fingerprint density at radius 1 is 0.944 bits per heavy atom. The van der Waals surface area contributed by atoms with Crippen molar-refractivity contribution in [2.45, 2.75) is 51.6 Å². The number of benzene rings is 3. The van der Waals surface area contributed by atoms with Gasteiger partial charge in [0.1, 0.15) is 0 Å². The minimum absolute atomic E-state index is 0.0346. The van der Waals surface area contributed by atoms with Crippen molar-refractivity contribution < 1.29 is 0 Å². The zero-order valence-corrected chi connectivity index (χ0v) is 21.6. The number of hydrogen-bond donors (Lipinski definition) is 1. The maximum atomic E-state index is 10.1. The largest absolute Gasteiger partial charge is 0.309 e. The molecule has 1 saturated heterocycles. The number of nitrogens with one attached hydrogen (secondary N) is 1. The molecule has 0 saturated carbocycles. The summed E-state index contributed by atoms with van der Waals surface area (Å²) >= 11 is 0. The Balaban J connectivity index is 0.000000243. The van der Waals surface area contributed by atoms with E-state index >= 15 is 0 Å². The molecule has 0 radical (unpaired) electrons. The number of nitrogens with zero attached hydrogens (tertiary/aromatic N) is 3. The van der Waals surface area contributed by atoms with Gasteiger partial charge in [-0.25, -0.2) is 0 Å². The second-order valence-electron chi connectivity index (χ2n) is 9.67. The Bertz CT molecular complexity index is 1140. The quantitative estimate of drug-likeness (QED) is 0.232. The SMILES string of the molecule is C#C.CC(C)(Cc1ccc2ccccc2c1)NCCN=O.N#Cc1cccc(CN2CCCCC2)c1. The summed E-state index contributed by atoms with van der Waals surface area (Å²) in [4.78, 5) is 12.6. The predicted molar refractivity (Wildman–Crippen MR) is 151 cm³/mol. The lowest BCUT2D eigenvalue weighted by atomic mass is 9.93. The molecular weight excluding hydrogens is 444 g/mol. The van der Waals surface area contributed by atoms with Crippen LogP contribution in [0.4, 0.5) is 0 Å². The van der Waals surface area contributed by atoms with Crippen LogP contribution >= 0.6 is 0 Å². The molecule has 5 nitrogen and oxygen atoms in total. The van der Waals surface area contributed by atoms with Gasteiger partial charge in [-0.15, -0.1) is 12.8 Å². The lowest BCUT2D eigenvalue weighted by molar-refractivity contribution is 0.221. The van der Waals surface area contributed by atoms with Crippen LogP contribution in [0.2, 0.25) is 0 Å². The van der Waals surface area contributed by atoms with Crippen molar-refractivity contribution in [1.82, 2.24) is 10.2 Å². The minimum Gasteiger partial charge on any atom is -0.309 e. The molecule has 0 aromatic heterocycles. The normalized spacial score (nSPS) is 13.4. The van der Waals surface area contributed by atoms with Crippen molar-refractivity contribution >= 4 is 10.8 Å². The molecule has 1 N–H and O–H groups in total. The Hall–Kier alpha value is -3.51. The van der Waals surface area contributed by atoms with E-state index < -0.39 is 0 Å². The van der Waals surface area contributed by atoms with Crippen molar-refractivity contribution in [2.75, 3.05) is 26.2 Å². The van der Waals surface area contributed by atoms with E-state index in [0.29, 0.717) is 13.1 Å². The lowest BCUT2D eigenvalue weighted by Gasteiger charge is -2.26. The summed E-state index contributed by atoms with van der Waals surface area (Å²) in [5.74, 6) is 0. The topological polar surface area (TPSA) is 68.5 Å². The average molecular weight is 483 g/mol. The number of nitroso groups, excluding NO2 is 1. The van der Waals surface area contributed by atoms with Crippen LogP contribution in [0, 0.1) is 29.1 Å². The van der Waals surface area contributed by atoms with E-state index in [-0.39, 0.29) is 5.54 Å².